The van der Waals surface area contributed by atoms with E-state index < -0.39 is 0 Å². The molecule has 2 N–H and O–H groups in total. The Kier molecular flexibility index (Phi) is 6.06. The van der Waals surface area contributed by atoms with Crippen molar-refractivity contribution in [2.45, 2.75) is 45.1 Å². The fraction of sp³-hybridized carbons (Fsp3) is 0.462. The second kappa shape index (κ2) is 8.97. The highest BCUT2D eigenvalue weighted by molar-refractivity contribution is 6.30. The van der Waals surface area contributed by atoms with Crippen LogP contribution in [-0.4, -0.2) is 48.3 Å². The Hall–Kier alpha value is -2.21. The number of fused-ring (bicyclic) bond motifs is 3. The van der Waals surface area contributed by atoms with Gasteiger partial charge in [-0.3, -0.25) is 5.01 Å². The fourth-order valence-corrected chi connectivity index (χ4v) is 5.75. The normalized spacial score (nSPS) is 22.4. The van der Waals surface area contributed by atoms with Gasteiger partial charge in [0.05, 0.1) is 17.4 Å². The number of nitrogens with one attached hydrogen (secondary N) is 2. The minimum Gasteiger partial charge on any atom is -0.378 e. The van der Waals surface area contributed by atoms with E-state index >= 15 is 0 Å². The smallest absolute Gasteiger partial charge is 0.0816 e. The standard InChI is InChI=1S/C26H34ClN5/c1-4-31-13-10-19(11-14-31)20-8-9-23-24(16-20)25(28-22-7-5-6-21(27)17-22)12-15-32-26(23)18(2)29-30(32)3/h5-9,16-17,19,25,28-29H,4,10-15H2,1-3H3. The number of likely N-dealkylation sites (tertiary alicyclic amines) is 1. The molecule has 3 aliphatic heterocycles. The summed E-state index contributed by atoms with van der Waals surface area (Å²) in [6, 6.07) is 15.5. The number of anilines is 1. The number of nitrogens with zero attached hydrogens (tertiary/aromatic N) is 3. The van der Waals surface area contributed by atoms with Crippen LogP contribution in [0.4, 0.5) is 5.69 Å². The monoisotopic (exact) mass is 451 g/mol. The van der Waals surface area contributed by atoms with Crippen LogP contribution >= 0.6 is 11.6 Å². The maximum atomic E-state index is 6.29. The second-order valence-corrected chi connectivity index (χ2v) is 9.72. The molecule has 1 fully saturated rings. The molecule has 170 valence electrons. The summed E-state index contributed by atoms with van der Waals surface area (Å²) in [6.45, 7) is 8.96. The minimum absolute atomic E-state index is 0.235. The number of piperidine rings is 1. The van der Waals surface area contributed by atoms with Crippen LogP contribution in [-0.2, 0) is 0 Å². The van der Waals surface area contributed by atoms with Crippen molar-refractivity contribution >= 4 is 23.0 Å². The summed E-state index contributed by atoms with van der Waals surface area (Å²) in [5, 5.41) is 9.05. The van der Waals surface area contributed by atoms with Crippen molar-refractivity contribution in [3.05, 3.63) is 69.9 Å². The number of hydrogen-bond donors (Lipinski definition) is 2. The number of allylic oxidation sites excluding steroid dienone is 1. The van der Waals surface area contributed by atoms with Gasteiger partial charge in [-0.25, -0.2) is 0 Å². The summed E-state index contributed by atoms with van der Waals surface area (Å²) in [4.78, 5) is 2.57. The zero-order chi connectivity index (χ0) is 22.2. The summed E-state index contributed by atoms with van der Waals surface area (Å²) in [7, 11) is 2.09. The van der Waals surface area contributed by atoms with Crippen LogP contribution in [0.1, 0.15) is 61.8 Å². The molecule has 2 aromatic carbocycles. The van der Waals surface area contributed by atoms with E-state index in [4.69, 9.17) is 11.6 Å². The number of benzene rings is 2. The summed E-state index contributed by atoms with van der Waals surface area (Å²) in [6.07, 6.45) is 3.51. The lowest BCUT2D eigenvalue weighted by Gasteiger charge is -2.32. The molecular weight excluding hydrogens is 418 g/mol. The molecule has 0 aromatic heterocycles. The molecular formula is C26H34ClN5. The van der Waals surface area contributed by atoms with Crippen molar-refractivity contribution in [3.63, 3.8) is 0 Å². The van der Waals surface area contributed by atoms with Crippen molar-refractivity contribution in [2.24, 2.45) is 0 Å². The molecule has 5 nitrogen and oxygen atoms in total. The fourth-order valence-electron chi connectivity index (χ4n) is 5.56. The number of halogens is 1. The van der Waals surface area contributed by atoms with Crippen molar-refractivity contribution in [1.82, 2.24) is 20.5 Å². The summed E-state index contributed by atoms with van der Waals surface area (Å²) in [5.74, 6) is 0.647. The molecule has 0 aliphatic carbocycles. The van der Waals surface area contributed by atoms with Crippen LogP contribution in [0.5, 0.6) is 0 Å². The zero-order valence-corrected chi connectivity index (χ0v) is 20.1. The summed E-state index contributed by atoms with van der Waals surface area (Å²) in [5.41, 5.74) is 11.3. The van der Waals surface area contributed by atoms with Gasteiger partial charge in [-0.1, -0.05) is 42.8 Å². The van der Waals surface area contributed by atoms with E-state index in [1.165, 1.54) is 54.0 Å². The van der Waals surface area contributed by atoms with Crippen LogP contribution in [0.2, 0.25) is 5.02 Å². The average molecular weight is 452 g/mol. The molecule has 5 rings (SSSR count). The van der Waals surface area contributed by atoms with Gasteiger partial charge in [0.1, 0.15) is 0 Å². The minimum atomic E-state index is 0.235. The predicted molar refractivity (Wildman–Crippen MR) is 133 cm³/mol. The van der Waals surface area contributed by atoms with Crippen LogP contribution < -0.4 is 10.7 Å². The van der Waals surface area contributed by atoms with E-state index in [1.807, 2.05) is 18.2 Å². The Morgan fingerprint density at radius 3 is 2.62 bits per heavy atom. The first-order valence-electron chi connectivity index (χ1n) is 11.9. The third kappa shape index (κ3) is 4.09. The molecule has 1 saturated heterocycles. The molecule has 3 aliphatic rings. The summed E-state index contributed by atoms with van der Waals surface area (Å²) >= 11 is 6.29. The Morgan fingerprint density at radius 1 is 1.06 bits per heavy atom. The molecule has 0 radical (unpaired) electrons. The SMILES string of the molecule is CCN1CCC(c2ccc3c(c2)C(Nc2cccc(Cl)c2)CCN2C3=C(C)NN2C)CC1. The van der Waals surface area contributed by atoms with E-state index in [-0.39, 0.29) is 6.04 Å². The van der Waals surface area contributed by atoms with Crippen LogP contribution in [0.3, 0.4) is 0 Å². The van der Waals surface area contributed by atoms with E-state index in [9.17, 15) is 0 Å². The van der Waals surface area contributed by atoms with Crippen LogP contribution in [0.15, 0.2) is 48.2 Å². The third-order valence-electron chi connectivity index (χ3n) is 7.31. The van der Waals surface area contributed by atoms with Gasteiger partial charge in [0.15, 0.2) is 0 Å². The van der Waals surface area contributed by atoms with Gasteiger partial charge in [-0.05, 0) is 81.1 Å². The first-order chi connectivity index (χ1) is 15.5. The van der Waals surface area contributed by atoms with Crippen molar-refractivity contribution < 1.29 is 0 Å². The molecule has 32 heavy (non-hydrogen) atoms. The van der Waals surface area contributed by atoms with Gasteiger partial charge in [-0.2, -0.15) is 0 Å². The van der Waals surface area contributed by atoms with Gasteiger partial charge in [0.2, 0.25) is 0 Å². The van der Waals surface area contributed by atoms with Crippen molar-refractivity contribution in [3.8, 4) is 0 Å². The van der Waals surface area contributed by atoms with Gasteiger partial charge in [0, 0.05) is 29.9 Å². The van der Waals surface area contributed by atoms with E-state index in [1.54, 1.807) is 0 Å². The molecule has 2 aromatic rings. The first-order valence-corrected chi connectivity index (χ1v) is 12.3. The number of rotatable bonds is 4. The molecule has 1 atom stereocenters. The van der Waals surface area contributed by atoms with E-state index in [0.29, 0.717) is 5.92 Å². The van der Waals surface area contributed by atoms with Gasteiger partial charge in [-0.15, -0.1) is 5.12 Å². The zero-order valence-electron chi connectivity index (χ0n) is 19.4. The van der Waals surface area contributed by atoms with Crippen molar-refractivity contribution in [2.75, 3.05) is 38.5 Å². The lowest BCUT2D eigenvalue weighted by atomic mass is 9.85. The second-order valence-electron chi connectivity index (χ2n) is 9.28. The summed E-state index contributed by atoms with van der Waals surface area (Å²) < 4.78 is 0. The van der Waals surface area contributed by atoms with Crippen molar-refractivity contribution in [1.29, 1.82) is 0 Å². The van der Waals surface area contributed by atoms with Gasteiger partial charge < -0.3 is 15.6 Å². The first kappa shape index (κ1) is 21.6. The topological polar surface area (TPSA) is 33.8 Å². The Balaban J connectivity index is 1.52. The Labute approximate surface area is 197 Å². The Morgan fingerprint density at radius 2 is 1.88 bits per heavy atom. The van der Waals surface area contributed by atoms with E-state index in [0.717, 1.165) is 30.2 Å². The molecule has 0 bridgehead atoms. The highest BCUT2D eigenvalue weighted by Crippen LogP contribution is 2.41. The largest absolute Gasteiger partial charge is 0.378 e. The van der Waals surface area contributed by atoms with Gasteiger partial charge >= 0.3 is 0 Å². The molecule has 3 heterocycles. The lowest BCUT2D eigenvalue weighted by molar-refractivity contribution is 0.0447. The highest BCUT2D eigenvalue weighted by atomic mass is 35.5. The average Bonchev–Trinajstić information content (AvgIpc) is 2.98. The van der Waals surface area contributed by atoms with Gasteiger partial charge in [0.25, 0.3) is 0 Å². The van der Waals surface area contributed by atoms with E-state index in [2.05, 4.69) is 70.9 Å². The maximum Gasteiger partial charge on any atom is 0.0816 e. The lowest BCUT2D eigenvalue weighted by Crippen LogP contribution is -2.40. The maximum absolute atomic E-state index is 6.29. The molecule has 1 unspecified atom stereocenters. The Bertz CT molecular complexity index is 1010. The number of hydrazine groups is 2. The quantitative estimate of drug-likeness (QED) is 0.645. The molecule has 0 amide bonds. The van der Waals surface area contributed by atoms with Crippen LogP contribution in [0, 0.1) is 0 Å². The molecule has 0 spiro atoms. The molecule has 0 saturated carbocycles. The third-order valence-corrected chi connectivity index (χ3v) is 7.55. The van der Waals surface area contributed by atoms with Crippen LogP contribution in [0.25, 0.3) is 5.70 Å². The predicted octanol–water partition coefficient (Wildman–Crippen LogP) is 5.45. The number of hydrogen-bond acceptors (Lipinski definition) is 5. The highest BCUT2D eigenvalue weighted by Gasteiger charge is 2.33. The molecule has 6 heteroatoms.